The maximum atomic E-state index is 12.6. The van der Waals surface area contributed by atoms with Crippen molar-refractivity contribution in [2.45, 2.75) is 116 Å². The molecule has 2 N–H and O–H groups in total. The van der Waals surface area contributed by atoms with Crippen LogP contribution in [-0.4, -0.2) is 51.3 Å². The predicted octanol–water partition coefficient (Wildman–Crippen LogP) is 3.90. The minimum absolute atomic E-state index is 0.0461. The summed E-state index contributed by atoms with van der Waals surface area (Å²) in [5.74, 6) is -2.68. The van der Waals surface area contributed by atoms with Gasteiger partial charge in [-0.25, -0.2) is 0 Å². The fourth-order valence-corrected chi connectivity index (χ4v) is 6.66. The molecule has 3 aliphatic rings. The number of fused-ring (bicyclic) bond motifs is 5. The van der Waals surface area contributed by atoms with E-state index in [9.17, 15) is 19.8 Å². The summed E-state index contributed by atoms with van der Waals surface area (Å²) < 4.78 is 17.9. The van der Waals surface area contributed by atoms with Crippen molar-refractivity contribution >= 4 is 11.9 Å². The van der Waals surface area contributed by atoms with Gasteiger partial charge in [0.1, 0.15) is 11.7 Å². The number of esters is 2. The quantitative estimate of drug-likeness (QED) is 0.468. The van der Waals surface area contributed by atoms with E-state index in [1.807, 2.05) is 13.8 Å². The van der Waals surface area contributed by atoms with Crippen molar-refractivity contribution in [2.24, 2.45) is 23.7 Å². The summed E-state index contributed by atoms with van der Waals surface area (Å²) in [6, 6.07) is 0. The van der Waals surface area contributed by atoms with Crippen LogP contribution in [0, 0.1) is 23.7 Å². The Balaban J connectivity index is 2.09. The summed E-state index contributed by atoms with van der Waals surface area (Å²) in [6.45, 7) is 15.3. The van der Waals surface area contributed by atoms with Gasteiger partial charge in [-0.3, -0.25) is 9.59 Å². The first-order valence-electron chi connectivity index (χ1n) is 12.4. The molecular formula is C26H42O7. The molecule has 7 nitrogen and oxygen atoms in total. The third-order valence-corrected chi connectivity index (χ3v) is 8.10. The molecule has 8 atom stereocenters. The third kappa shape index (κ3) is 5.01. The molecule has 0 radical (unpaired) electrons. The summed E-state index contributed by atoms with van der Waals surface area (Å²) in [4.78, 5) is 24.3. The Bertz CT molecular complexity index is 775. The largest absolute Gasteiger partial charge is 0.459 e. The maximum Gasteiger partial charge on any atom is 0.306 e. The number of rotatable bonds is 5. The lowest BCUT2D eigenvalue weighted by Crippen LogP contribution is -2.58. The van der Waals surface area contributed by atoms with Crippen LogP contribution >= 0.6 is 0 Å². The van der Waals surface area contributed by atoms with Crippen LogP contribution < -0.4 is 0 Å². The van der Waals surface area contributed by atoms with E-state index in [4.69, 9.17) is 14.2 Å². The molecule has 33 heavy (non-hydrogen) atoms. The molecule has 7 heteroatoms. The smallest absolute Gasteiger partial charge is 0.306 e. The fourth-order valence-electron chi connectivity index (χ4n) is 6.66. The average Bonchev–Trinajstić information content (AvgIpc) is 3.00. The van der Waals surface area contributed by atoms with Gasteiger partial charge in [-0.2, -0.15) is 0 Å². The van der Waals surface area contributed by atoms with Crippen LogP contribution in [0.1, 0.15) is 86.5 Å². The molecule has 2 heterocycles. The first kappa shape index (κ1) is 26.2. The summed E-state index contributed by atoms with van der Waals surface area (Å²) >= 11 is 0. The van der Waals surface area contributed by atoms with E-state index in [-0.39, 0.29) is 24.2 Å². The molecule has 0 amide bonds. The summed E-state index contributed by atoms with van der Waals surface area (Å²) in [5.41, 5.74) is -1.67. The van der Waals surface area contributed by atoms with Crippen LogP contribution in [0.25, 0.3) is 0 Å². The molecule has 3 fully saturated rings. The van der Waals surface area contributed by atoms with Gasteiger partial charge in [-0.15, -0.1) is 0 Å². The van der Waals surface area contributed by atoms with Crippen molar-refractivity contribution in [3.8, 4) is 0 Å². The Morgan fingerprint density at radius 2 is 1.88 bits per heavy atom. The summed E-state index contributed by atoms with van der Waals surface area (Å²) in [7, 11) is 0. The van der Waals surface area contributed by atoms with Crippen LogP contribution in [0.5, 0.6) is 0 Å². The molecule has 0 spiro atoms. The van der Waals surface area contributed by atoms with E-state index < -0.39 is 41.1 Å². The number of carbonyl (C=O) groups excluding carboxylic acids is 2. The van der Waals surface area contributed by atoms with Gasteiger partial charge >= 0.3 is 11.9 Å². The molecule has 1 saturated carbocycles. The summed E-state index contributed by atoms with van der Waals surface area (Å²) in [6.07, 6.45) is 1.90. The van der Waals surface area contributed by atoms with Crippen molar-refractivity contribution in [2.75, 3.05) is 0 Å². The van der Waals surface area contributed by atoms with Crippen molar-refractivity contribution in [3.05, 3.63) is 12.2 Å². The molecule has 0 aromatic heterocycles. The minimum atomic E-state index is -1.70. The van der Waals surface area contributed by atoms with Gasteiger partial charge in [0.15, 0.2) is 5.79 Å². The monoisotopic (exact) mass is 466 g/mol. The lowest BCUT2D eigenvalue weighted by molar-refractivity contribution is -0.258. The zero-order valence-electron chi connectivity index (χ0n) is 21.1. The van der Waals surface area contributed by atoms with Crippen LogP contribution in [0.4, 0.5) is 0 Å². The number of aliphatic hydroxyl groups is 2. The Kier molecular flexibility index (Phi) is 7.38. The lowest BCUT2D eigenvalue weighted by atomic mass is 9.56. The number of ether oxygens (including phenoxy) is 3. The number of hydrogen-bond donors (Lipinski definition) is 2. The van der Waals surface area contributed by atoms with E-state index in [1.54, 1.807) is 6.92 Å². The van der Waals surface area contributed by atoms with E-state index in [0.29, 0.717) is 43.6 Å². The molecule has 0 unspecified atom stereocenters. The maximum absolute atomic E-state index is 12.6. The fraction of sp³-hybridized carbons (Fsp3) is 0.846. The third-order valence-electron chi connectivity index (χ3n) is 8.10. The lowest BCUT2D eigenvalue weighted by Gasteiger charge is -2.51. The zero-order chi connectivity index (χ0) is 24.8. The van der Waals surface area contributed by atoms with Crippen molar-refractivity contribution in [1.82, 2.24) is 0 Å². The van der Waals surface area contributed by atoms with E-state index in [2.05, 4.69) is 20.4 Å². The van der Waals surface area contributed by atoms with Crippen molar-refractivity contribution < 1.29 is 34.0 Å². The number of carbonyl (C=O) groups is 2. The van der Waals surface area contributed by atoms with Crippen molar-refractivity contribution in [3.63, 3.8) is 0 Å². The van der Waals surface area contributed by atoms with Gasteiger partial charge in [0, 0.05) is 25.7 Å². The SMILES string of the molecule is C=C1C[C@@]2(O)O[C@H]([C@@H]3[C@@H](C(C)C)CC[C@@](C)(OC(=O)CCC)[C@@H]32)[C@](C)(O)CC[C@@H]1OC(C)=O. The predicted molar refractivity (Wildman–Crippen MR) is 123 cm³/mol. The Morgan fingerprint density at radius 3 is 2.45 bits per heavy atom. The second-order valence-electron chi connectivity index (χ2n) is 11.3. The first-order valence-corrected chi connectivity index (χ1v) is 12.4. The highest BCUT2D eigenvalue weighted by Crippen LogP contribution is 2.61. The molecule has 0 aromatic rings. The van der Waals surface area contributed by atoms with Crippen LogP contribution in [0.2, 0.25) is 0 Å². The van der Waals surface area contributed by atoms with Gasteiger partial charge in [-0.05, 0) is 63.4 Å². The second kappa shape index (κ2) is 9.31. The highest BCUT2D eigenvalue weighted by Gasteiger charge is 2.69. The molecule has 2 bridgehead atoms. The molecule has 188 valence electrons. The molecular weight excluding hydrogens is 424 g/mol. The molecule has 3 rings (SSSR count). The van der Waals surface area contributed by atoms with Gasteiger partial charge in [0.05, 0.1) is 17.6 Å². The second-order valence-corrected chi connectivity index (χ2v) is 11.3. The highest BCUT2D eigenvalue weighted by molar-refractivity contribution is 5.70. The van der Waals surface area contributed by atoms with E-state index in [1.165, 1.54) is 6.92 Å². The van der Waals surface area contributed by atoms with E-state index in [0.717, 1.165) is 6.42 Å². The van der Waals surface area contributed by atoms with Crippen LogP contribution in [-0.2, 0) is 23.8 Å². The molecule has 2 aliphatic heterocycles. The minimum Gasteiger partial charge on any atom is -0.459 e. The van der Waals surface area contributed by atoms with Gasteiger partial charge < -0.3 is 24.4 Å². The molecule has 2 saturated heterocycles. The van der Waals surface area contributed by atoms with Crippen LogP contribution in [0.3, 0.4) is 0 Å². The Morgan fingerprint density at radius 1 is 1.21 bits per heavy atom. The normalized spacial score (nSPS) is 43.3. The van der Waals surface area contributed by atoms with Gasteiger partial charge in [0.2, 0.25) is 0 Å². The van der Waals surface area contributed by atoms with Crippen LogP contribution in [0.15, 0.2) is 12.2 Å². The highest BCUT2D eigenvalue weighted by atomic mass is 16.7. The average molecular weight is 467 g/mol. The Labute approximate surface area is 197 Å². The molecule has 0 aromatic carbocycles. The Hall–Kier alpha value is -1.44. The number of hydrogen-bond acceptors (Lipinski definition) is 7. The topological polar surface area (TPSA) is 102 Å². The zero-order valence-corrected chi connectivity index (χ0v) is 21.1. The standard InChI is InChI=1S/C26H42O7/c1-8-9-20(28)32-25(7)13-10-18(15(2)3)21-22(25)26(30)14-16(4)19(31-17(5)27)11-12-24(6,29)23(21)33-26/h15,18-19,21-23,29-30H,4,8-14H2,1-3,5-7H3/t18-,19+,21-,22-,23-,24-,25-,26-/m1/s1. The summed E-state index contributed by atoms with van der Waals surface area (Å²) in [5, 5.41) is 23.7. The van der Waals surface area contributed by atoms with E-state index >= 15 is 0 Å². The first-order chi connectivity index (χ1) is 15.2. The molecule has 1 aliphatic carbocycles. The van der Waals surface area contributed by atoms with Gasteiger partial charge in [-0.1, -0.05) is 27.4 Å². The van der Waals surface area contributed by atoms with Gasteiger partial charge in [0.25, 0.3) is 0 Å². The van der Waals surface area contributed by atoms with Crippen molar-refractivity contribution in [1.29, 1.82) is 0 Å².